The van der Waals surface area contributed by atoms with Gasteiger partial charge in [-0.2, -0.15) is 0 Å². The average Bonchev–Trinajstić information content (AvgIpc) is 2.81. The maximum atomic E-state index is 12.5. The molecule has 0 fully saturated rings. The van der Waals surface area contributed by atoms with Crippen LogP contribution in [0.4, 0.5) is 0 Å². The number of rotatable bonds is 5. The van der Waals surface area contributed by atoms with Crippen LogP contribution in [0.3, 0.4) is 0 Å². The second-order valence-electron chi connectivity index (χ2n) is 6.28. The minimum atomic E-state index is -0.706. The van der Waals surface area contributed by atoms with Gasteiger partial charge in [0.25, 0.3) is 11.8 Å². The zero-order valence-electron chi connectivity index (χ0n) is 13.3. The normalized spacial score (nSPS) is 14.3. The first-order chi connectivity index (χ1) is 11.0. The lowest BCUT2D eigenvalue weighted by Crippen LogP contribution is -2.50. The van der Waals surface area contributed by atoms with Crippen LogP contribution in [-0.2, 0) is 11.3 Å². The molecule has 4 nitrogen and oxygen atoms in total. The van der Waals surface area contributed by atoms with E-state index in [1.165, 1.54) is 4.90 Å². The monoisotopic (exact) mass is 309 g/mol. The summed E-state index contributed by atoms with van der Waals surface area (Å²) in [6, 6.07) is 16.7. The van der Waals surface area contributed by atoms with Crippen molar-refractivity contribution in [3.05, 3.63) is 71.3 Å². The summed E-state index contributed by atoms with van der Waals surface area (Å²) in [7, 11) is 0. The van der Waals surface area contributed by atoms with Gasteiger partial charge in [0, 0.05) is 0 Å². The molecule has 0 N–H and O–H groups in total. The predicted molar refractivity (Wildman–Crippen MR) is 87.1 cm³/mol. The number of benzene rings is 2. The van der Waals surface area contributed by atoms with Gasteiger partial charge in [-0.1, -0.05) is 42.5 Å². The number of imide groups is 1. The maximum Gasteiger partial charge on any atom is 0.262 e. The van der Waals surface area contributed by atoms with Crippen LogP contribution in [0.25, 0.3) is 0 Å². The summed E-state index contributed by atoms with van der Waals surface area (Å²) in [4.78, 5) is 26.4. The fourth-order valence-electron chi connectivity index (χ4n) is 2.80. The van der Waals surface area contributed by atoms with Gasteiger partial charge < -0.3 is 4.74 Å². The molecule has 0 aromatic heterocycles. The highest BCUT2D eigenvalue weighted by Gasteiger charge is 2.43. The summed E-state index contributed by atoms with van der Waals surface area (Å²) in [5.41, 5.74) is 1.29. The molecule has 118 valence electrons. The van der Waals surface area contributed by atoms with Crippen molar-refractivity contribution in [1.29, 1.82) is 0 Å². The van der Waals surface area contributed by atoms with Crippen molar-refractivity contribution in [3.8, 4) is 0 Å². The molecule has 1 aliphatic rings. The number of ether oxygens (including phenoxy) is 1. The van der Waals surface area contributed by atoms with E-state index in [2.05, 4.69) is 0 Å². The molecule has 0 atom stereocenters. The molecule has 0 bridgehead atoms. The molecular formula is C19H19NO3. The van der Waals surface area contributed by atoms with Gasteiger partial charge >= 0.3 is 0 Å². The maximum absolute atomic E-state index is 12.5. The fourth-order valence-corrected chi connectivity index (χ4v) is 2.80. The molecule has 1 heterocycles. The molecule has 0 unspecified atom stereocenters. The summed E-state index contributed by atoms with van der Waals surface area (Å²) in [5, 5.41) is 0. The molecule has 0 aliphatic carbocycles. The van der Waals surface area contributed by atoms with Crippen molar-refractivity contribution in [2.24, 2.45) is 0 Å². The third-order valence-corrected chi connectivity index (χ3v) is 3.97. The van der Waals surface area contributed by atoms with Crippen molar-refractivity contribution in [2.75, 3.05) is 6.61 Å². The van der Waals surface area contributed by atoms with Crippen LogP contribution in [0.2, 0.25) is 0 Å². The largest absolute Gasteiger partial charge is 0.374 e. The van der Waals surface area contributed by atoms with Crippen LogP contribution in [-0.4, -0.2) is 28.9 Å². The molecule has 0 radical (unpaired) electrons. The number of hydrogen-bond acceptors (Lipinski definition) is 3. The van der Waals surface area contributed by atoms with Crippen LogP contribution < -0.4 is 0 Å². The summed E-state index contributed by atoms with van der Waals surface area (Å²) >= 11 is 0. The molecule has 2 aromatic carbocycles. The van der Waals surface area contributed by atoms with E-state index in [9.17, 15) is 9.59 Å². The summed E-state index contributed by atoms with van der Waals surface area (Å²) in [6.07, 6.45) is 0. The van der Waals surface area contributed by atoms with E-state index in [1.54, 1.807) is 24.3 Å². The van der Waals surface area contributed by atoms with E-state index in [4.69, 9.17) is 4.74 Å². The molecule has 0 spiro atoms. The SMILES string of the molecule is CC(C)(COCc1ccccc1)N1C(=O)c2ccccc2C1=O. The van der Waals surface area contributed by atoms with Crippen molar-refractivity contribution >= 4 is 11.8 Å². The summed E-state index contributed by atoms with van der Waals surface area (Å²) < 4.78 is 5.75. The Morgan fingerprint density at radius 3 is 1.96 bits per heavy atom. The summed E-state index contributed by atoms with van der Waals surface area (Å²) in [6.45, 7) is 4.43. The zero-order valence-corrected chi connectivity index (χ0v) is 13.3. The number of carbonyl (C=O) groups excluding carboxylic acids is 2. The Bertz CT molecular complexity index is 702. The molecule has 0 saturated carbocycles. The third-order valence-electron chi connectivity index (χ3n) is 3.97. The molecule has 0 saturated heterocycles. The Morgan fingerprint density at radius 2 is 1.39 bits per heavy atom. The van der Waals surface area contributed by atoms with E-state index in [0.717, 1.165) is 5.56 Å². The van der Waals surface area contributed by atoms with Crippen molar-refractivity contribution in [1.82, 2.24) is 4.90 Å². The topological polar surface area (TPSA) is 46.6 Å². The van der Waals surface area contributed by atoms with Crippen LogP contribution in [0.1, 0.15) is 40.1 Å². The fraction of sp³-hybridized carbons (Fsp3) is 0.263. The predicted octanol–water partition coefficient (Wildman–Crippen LogP) is 3.28. The lowest BCUT2D eigenvalue weighted by molar-refractivity contribution is 0.0118. The van der Waals surface area contributed by atoms with E-state index in [1.807, 2.05) is 44.2 Å². The second-order valence-corrected chi connectivity index (χ2v) is 6.28. The minimum Gasteiger partial charge on any atom is -0.374 e. The van der Waals surface area contributed by atoms with Gasteiger partial charge in [0.05, 0.1) is 29.9 Å². The van der Waals surface area contributed by atoms with Gasteiger partial charge in [0.2, 0.25) is 0 Å². The van der Waals surface area contributed by atoms with Gasteiger partial charge in [-0.3, -0.25) is 14.5 Å². The van der Waals surface area contributed by atoms with Crippen molar-refractivity contribution < 1.29 is 14.3 Å². The standard InChI is InChI=1S/C19H19NO3/c1-19(2,13-23-12-14-8-4-3-5-9-14)20-17(21)15-10-6-7-11-16(15)18(20)22/h3-11H,12-13H2,1-2H3. The highest BCUT2D eigenvalue weighted by molar-refractivity contribution is 6.21. The smallest absolute Gasteiger partial charge is 0.262 e. The average molecular weight is 309 g/mol. The Kier molecular flexibility index (Phi) is 4.01. The first-order valence-corrected chi connectivity index (χ1v) is 7.60. The minimum absolute atomic E-state index is 0.251. The third kappa shape index (κ3) is 2.90. The summed E-state index contributed by atoms with van der Waals surface area (Å²) in [5.74, 6) is -0.502. The van der Waals surface area contributed by atoms with Crippen molar-refractivity contribution in [3.63, 3.8) is 0 Å². The molecular weight excluding hydrogens is 290 g/mol. The van der Waals surface area contributed by atoms with E-state index in [-0.39, 0.29) is 18.4 Å². The van der Waals surface area contributed by atoms with Crippen LogP contribution >= 0.6 is 0 Å². The molecule has 3 rings (SSSR count). The Morgan fingerprint density at radius 1 is 0.870 bits per heavy atom. The zero-order chi connectivity index (χ0) is 16.4. The Hall–Kier alpha value is -2.46. The van der Waals surface area contributed by atoms with E-state index >= 15 is 0 Å². The van der Waals surface area contributed by atoms with E-state index < -0.39 is 5.54 Å². The van der Waals surface area contributed by atoms with Crippen LogP contribution in [0.5, 0.6) is 0 Å². The second kappa shape index (κ2) is 5.97. The first-order valence-electron chi connectivity index (χ1n) is 7.60. The first kappa shape index (κ1) is 15.4. The number of hydrogen-bond donors (Lipinski definition) is 0. The van der Waals surface area contributed by atoms with Gasteiger partial charge in [-0.05, 0) is 31.5 Å². The van der Waals surface area contributed by atoms with Gasteiger partial charge in [-0.15, -0.1) is 0 Å². The van der Waals surface area contributed by atoms with Crippen LogP contribution in [0.15, 0.2) is 54.6 Å². The highest BCUT2D eigenvalue weighted by atomic mass is 16.5. The quantitative estimate of drug-likeness (QED) is 0.796. The molecule has 2 amide bonds. The number of nitrogens with zero attached hydrogens (tertiary/aromatic N) is 1. The van der Waals surface area contributed by atoms with Crippen molar-refractivity contribution in [2.45, 2.75) is 26.0 Å². The number of carbonyl (C=O) groups is 2. The molecule has 23 heavy (non-hydrogen) atoms. The Labute approximate surface area is 135 Å². The van der Waals surface area contributed by atoms with Gasteiger partial charge in [-0.25, -0.2) is 0 Å². The molecule has 4 heteroatoms. The number of amides is 2. The Balaban J connectivity index is 1.71. The molecule has 1 aliphatic heterocycles. The lowest BCUT2D eigenvalue weighted by atomic mass is 10.0. The lowest BCUT2D eigenvalue weighted by Gasteiger charge is -2.33. The van der Waals surface area contributed by atoms with E-state index in [0.29, 0.717) is 17.7 Å². The number of fused-ring (bicyclic) bond motifs is 1. The van der Waals surface area contributed by atoms with Gasteiger partial charge in [0.15, 0.2) is 0 Å². The van der Waals surface area contributed by atoms with Gasteiger partial charge in [0.1, 0.15) is 0 Å². The molecule has 2 aromatic rings. The van der Waals surface area contributed by atoms with Crippen LogP contribution in [0, 0.1) is 0 Å². The highest BCUT2D eigenvalue weighted by Crippen LogP contribution is 2.29.